The third-order valence-corrected chi connectivity index (χ3v) is 4.97. The van der Waals surface area contributed by atoms with Crippen molar-refractivity contribution in [2.75, 3.05) is 27.9 Å². The highest BCUT2D eigenvalue weighted by molar-refractivity contribution is 7.09. The number of rotatable bonds is 8. The molecule has 3 rings (SSSR count). The Morgan fingerprint density at radius 2 is 1.89 bits per heavy atom. The number of nitrogens with one attached hydrogen (secondary N) is 1. The number of thiazole rings is 1. The molecule has 28 heavy (non-hydrogen) atoms. The SMILES string of the molecule is COc1cc(C(=O)NCCc2nc(-c3cccnc3)cs2)cc(OC)c1OC. The van der Waals surface area contributed by atoms with Crippen LogP contribution in [0.15, 0.2) is 42.0 Å². The van der Waals surface area contributed by atoms with Crippen LogP contribution in [-0.4, -0.2) is 43.7 Å². The number of carbonyl (C=O) groups excluding carboxylic acids is 1. The fraction of sp³-hybridized carbons (Fsp3) is 0.250. The van der Waals surface area contributed by atoms with E-state index in [0.717, 1.165) is 16.3 Å². The molecule has 8 heteroatoms. The predicted octanol–water partition coefficient (Wildman–Crippen LogP) is 3.20. The maximum atomic E-state index is 12.5. The van der Waals surface area contributed by atoms with E-state index in [1.807, 2.05) is 17.5 Å². The summed E-state index contributed by atoms with van der Waals surface area (Å²) >= 11 is 1.56. The molecule has 0 fully saturated rings. The smallest absolute Gasteiger partial charge is 0.251 e. The second-order valence-electron chi connectivity index (χ2n) is 5.79. The molecule has 0 aliphatic rings. The van der Waals surface area contributed by atoms with Gasteiger partial charge < -0.3 is 19.5 Å². The van der Waals surface area contributed by atoms with Gasteiger partial charge in [0.15, 0.2) is 11.5 Å². The Bertz CT molecular complexity index is 919. The number of benzene rings is 1. The Hall–Kier alpha value is -3.13. The van der Waals surface area contributed by atoms with Gasteiger partial charge in [-0.3, -0.25) is 9.78 Å². The fourth-order valence-electron chi connectivity index (χ4n) is 2.67. The molecule has 146 valence electrons. The molecule has 0 saturated heterocycles. The molecule has 1 N–H and O–H groups in total. The van der Waals surface area contributed by atoms with Crippen molar-refractivity contribution in [3.63, 3.8) is 0 Å². The van der Waals surface area contributed by atoms with Crippen LogP contribution in [0.25, 0.3) is 11.3 Å². The summed E-state index contributed by atoms with van der Waals surface area (Å²) < 4.78 is 15.9. The van der Waals surface area contributed by atoms with Crippen LogP contribution in [0.4, 0.5) is 0 Å². The largest absolute Gasteiger partial charge is 0.493 e. The van der Waals surface area contributed by atoms with Crippen LogP contribution in [0, 0.1) is 0 Å². The number of aromatic nitrogens is 2. The van der Waals surface area contributed by atoms with Gasteiger partial charge in [-0.1, -0.05) is 0 Å². The average molecular weight is 399 g/mol. The van der Waals surface area contributed by atoms with Gasteiger partial charge in [-0.25, -0.2) is 4.98 Å². The first kappa shape index (κ1) is 19.6. The number of nitrogens with zero attached hydrogens (tertiary/aromatic N) is 2. The molecule has 1 amide bonds. The lowest BCUT2D eigenvalue weighted by Crippen LogP contribution is -2.25. The third kappa shape index (κ3) is 4.40. The molecule has 2 heterocycles. The van der Waals surface area contributed by atoms with Crippen LogP contribution >= 0.6 is 11.3 Å². The lowest BCUT2D eigenvalue weighted by Gasteiger charge is -2.14. The highest BCUT2D eigenvalue weighted by Gasteiger charge is 2.17. The van der Waals surface area contributed by atoms with Gasteiger partial charge in [-0.15, -0.1) is 11.3 Å². The first-order valence-corrected chi connectivity index (χ1v) is 9.47. The molecule has 0 aliphatic heterocycles. The minimum Gasteiger partial charge on any atom is -0.493 e. The zero-order chi connectivity index (χ0) is 19.9. The molecule has 1 aromatic carbocycles. The number of hydrogen-bond acceptors (Lipinski definition) is 7. The molecule has 7 nitrogen and oxygen atoms in total. The van der Waals surface area contributed by atoms with E-state index in [0.29, 0.717) is 35.8 Å². The summed E-state index contributed by atoms with van der Waals surface area (Å²) in [5.41, 5.74) is 2.31. The van der Waals surface area contributed by atoms with Gasteiger partial charge in [-0.2, -0.15) is 0 Å². The van der Waals surface area contributed by atoms with Gasteiger partial charge in [0.05, 0.1) is 32.0 Å². The highest BCUT2D eigenvalue weighted by Crippen LogP contribution is 2.38. The van der Waals surface area contributed by atoms with Crippen LogP contribution < -0.4 is 19.5 Å². The Morgan fingerprint density at radius 1 is 1.14 bits per heavy atom. The first-order valence-electron chi connectivity index (χ1n) is 8.59. The van der Waals surface area contributed by atoms with Gasteiger partial charge >= 0.3 is 0 Å². The van der Waals surface area contributed by atoms with Crippen molar-refractivity contribution in [2.24, 2.45) is 0 Å². The Labute approximate surface area is 167 Å². The van der Waals surface area contributed by atoms with Crippen LogP contribution in [0.2, 0.25) is 0 Å². The summed E-state index contributed by atoms with van der Waals surface area (Å²) in [4.78, 5) is 21.2. The number of carbonyl (C=O) groups is 1. The summed E-state index contributed by atoms with van der Waals surface area (Å²) in [7, 11) is 4.55. The maximum Gasteiger partial charge on any atom is 0.251 e. The van der Waals surface area contributed by atoms with E-state index in [-0.39, 0.29) is 5.91 Å². The lowest BCUT2D eigenvalue weighted by molar-refractivity contribution is 0.0953. The summed E-state index contributed by atoms with van der Waals surface area (Å²) in [6, 6.07) is 7.10. The highest BCUT2D eigenvalue weighted by atomic mass is 32.1. The van der Waals surface area contributed by atoms with Crippen LogP contribution in [-0.2, 0) is 6.42 Å². The topological polar surface area (TPSA) is 82.6 Å². The molecule has 3 aromatic rings. The van der Waals surface area contributed by atoms with E-state index in [1.54, 1.807) is 35.9 Å². The van der Waals surface area contributed by atoms with Gasteiger partial charge in [0.1, 0.15) is 0 Å². The van der Waals surface area contributed by atoms with Crippen molar-refractivity contribution in [2.45, 2.75) is 6.42 Å². The van der Waals surface area contributed by atoms with Crippen LogP contribution in [0.3, 0.4) is 0 Å². The van der Waals surface area contributed by atoms with Crippen molar-refractivity contribution < 1.29 is 19.0 Å². The Kier molecular flexibility index (Phi) is 6.44. The van der Waals surface area contributed by atoms with Crippen LogP contribution in [0.5, 0.6) is 17.2 Å². The quantitative estimate of drug-likeness (QED) is 0.626. The third-order valence-electron chi connectivity index (χ3n) is 4.06. The summed E-state index contributed by atoms with van der Waals surface area (Å²) in [5.74, 6) is 1.11. The van der Waals surface area contributed by atoms with Gasteiger partial charge in [0.2, 0.25) is 5.75 Å². The first-order chi connectivity index (χ1) is 13.7. The number of methoxy groups -OCH3 is 3. The molecule has 0 saturated carbocycles. The van der Waals surface area contributed by atoms with E-state index in [2.05, 4.69) is 15.3 Å². The Balaban J connectivity index is 1.63. The Morgan fingerprint density at radius 3 is 2.50 bits per heavy atom. The average Bonchev–Trinajstić information content (AvgIpc) is 3.22. The zero-order valence-electron chi connectivity index (χ0n) is 15.9. The van der Waals surface area contributed by atoms with E-state index in [9.17, 15) is 4.79 Å². The molecular weight excluding hydrogens is 378 g/mol. The minimum absolute atomic E-state index is 0.219. The number of amides is 1. The second-order valence-corrected chi connectivity index (χ2v) is 6.73. The van der Waals surface area contributed by atoms with E-state index in [1.165, 1.54) is 21.3 Å². The number of ether oxygens (including phenoxy) is 3. The summed E-state index contributed by atoms with van der Waals surface area (Å²) in [6.45, 7) is 0.468. The van der Waals surface area contributed by atoms with Crippen molar-refractivity contribution in [1.82, 2.24) is 15.3 Å². The molecule has 0 unspecified atom stereocenters. The van der Waals surface area contributed by atoms with E-state index >= 15 is 0 Å². The van der Waals surface area contributed by atoms with Crippen molar-refractivity contribution >= 4 is 17.2 Å². The van der Waals surface area contributed by atoms with Gasteiger partial charge in [0.25, 0.3) is 5.91 Å². The number of pyridine rings is 1. The van der Waals surface area contributed by atoms with Crippen molar-refractivity contribution in [3.05, 3.63) is 52.6 Å². The standard InChI is InChI=1S/C20H21N3O4S/c1-25-16-9-14(10-17(26-2)19(16)27-3)20(24)22-8-6-18-23-15(12-28-18)13-5-4-7-21-11-13/h4-5,7,9-12H,6,8H2,1-3H3,(H,22,24). The molecule has 0 atom stereocenters. The van der Waals surface area contributed by atoms with Crippen molar-refractivity contribution in [1.29, 1.82) is 0 Å². The molecular formula is C20H21N3O4S. The van der Waals surface area contributed by atoms with Gasteiger partial charge in [0, 0.05) is 41.9 Å². The fourth-order valence-corrected chi connectivity index (χ4v) is 3.48. The second kappa shape index (κ2) is 9.18. The maximum absolute atomic E-state index is 12.5. The van der Waals surface area contributed by atoms with Gasteiger partial charge in [-0.05, 0) is 24.3 Å². The molecule has 0 aliphatic carbocycles. The minimum atomic E-state index is -0.219. The molecule has 0 radical (unpaired) electrons. The van der Waals surface area contributed by atoms with Crippen molar-refractivity contribution in [3.8, 4) is 28.5 Å². The molecule has 2 aromatic heterocycles. The molecule has 0 spiro atoms. The van der Waals surface area contributed by atoms with Crippen LogP contribution in [0.1, 0.15) is 15.4 Å². The lowest BCUT2D eigenvalue weighted by atomic mass is 10.1. The summed E-state index contributed by atoms with van der Waals surface area (Å²) in [5, 5.41) is 5.84. The van der Waals surface area contributed by atoms with E-state index in [4.69, 9.17) is 14.2 Å². The monoisotopic (exact) mass is 399 g/mol. The molecule has 0 bridgehead atoms. The zero-order valence-corrected chi connectivity index (χ0v) is 16.7. The normalized spacial score (nSPS) is 10.4. The predicted molar refractivity (Wildman–Crippen MR) is 107 cm³/mol. The number of hydrogen-bond donors (Lipinski definition) is 1. The van der Waals surface area contributed by atoms with E-state index < -0.39 is 0 Å². The summed E-state index contributed by atoms with van der Waals surface area (Å²) in [6.07, 6.45) is 4.15.